The Morgan fingerprint density at radius 3 is 2.00 bits per heavy atom. The van der Waals surface area contributed by atoms with Crippen LogP contribution in [0.4, 0.5) is 0 Å². The average molecular weight is 363 g/mol. The lowest BCUT2D eigenvalue weighted by atomic mass is 9.83. The van der Waals surface area contributed by atoms with Crippen LogP contribution in [-0.2, 0) is 0 Å². The molecule has 0 saturated carbocycles. The molecule has 0 atom stereocenters. The molecule has 100 valence electrons. The summed E-state index contributed by atoms with van der Waals surface area (Å²) in [5, 5.41) is 18.2. The first-order valence-electron chi connectivity index (χ1n) is 4.88. The quantitative estimate of drug-likeness (QED) is 0.463. The van der Waals surface area contributed by atoms with E-state index in [1.54, 1.807) is 12.4 Å². The molecule has 0 aliphatic carbocycles. The van der Waals surface area contributed by atoms with E-state index >= 15 is 0 Å². The zero-order chi connectivity index (χ0) is 14.3. The molecular formula is C9H9BBrClN4O2S. The van der Waals surface area contributed by atoms with Gasteiger partial charge in [-0.3, -0.25) is 0 Å². The third-order valence-electron chi connectivity index (χ3n) is 1.72. The number of hydrogen-bond donors (Lipinski definition) is 2. The normalized spacial score (nSPS) is 9.53. The third kappa shape index (κ3) is 6.30. The highest BCUT2D eigenvalue weighted by Gasteiger charge is 2.10. The maximum atomic E-state index is 8.66. The lowest BCUT2D eigenvalue weighted by Gasteiger charge is -1.97. The van der Waals surface area contributed by atoms with E-state index in [0.29, 0.717) is 10.6 Å². The van der Waals surface area contributed by atoms with Crippen LogP contribution in [0.1, 0.15) is 0 Å². The number of aromatic nitrogens is 4. The van der Waals surface area contributed by atoms with E-state index in [-0.39, 0.29) is 5.28 Å². The van der Waals surface area contributed by atoms with Crippen molar-refractivity contribution >= 4 is 51.9 Å². The van der Waals surface area contributed by atoms with Gasteiger partial charge in [-0.15, -0.1) is 0 Å². The number of hydrogen-bond acceptors (Lipinski definition) is 7. The van der Waals surface area contributed by atoms with E-state index in [9.17, 15) is 0 Å². The summed E-state index contributed by atoms with van der Waals surface area (Å²) in [6, 6.07) is 0. The number of thioether (sulfide) groups is 1. The Morgan fingerprint density at radius 2 is 1.63 bits per heavy atom. The summed E-state index contributed by atoms with van der Waals surface area (Å²) >= 11 is 9.93. The fraction of sp³-hybridized carbons (Fsp3) is 0.111. The van der Waals surface area contributed by atoms with Crippen molar-refractivity contribution in [1.29, 1.82) is 0 Å². The molecule has 2 aromatic rings. The van der Waals surface area contributed by atoms with Crippen LogP contribution in [0.5, 0.6) is 0 Å². The monoisotopic (exact) mass is 362 g/mol. The van der Waals surface area contributed by atoms with Crippen LogP contribution in [0.2, 0.25) is 5.28 Å². The summed E-state index contributed by atoms with van der Waals surface area (Å²) in [6.45, 7) is 0. The molecule has 0 aliphatic rings. The molecule has 2 N–H and O–H groups in total. The largest absolute Gasteiger partial charge is 0.491 e. The summed E-state index contributed by atoms with van der Waals surface area (Å²) < 4.78 is 0.835. The van der Waals surface area contributed by atoms with Crippen LogP contribution in [0.3, 0.4) is 0 Å². The van der Waals surface area contributed by atoms with Crippen LogP contribution in [0, 0.1) is 0 Å². The molecule has 0 bridgehead atoms. The predicted molar refractivity (Wildman–Crippen MR) is 78.4 cm³/mol. The van der Waals surface area contributed by atoms with Gasteiger partial charge in [-0.05, 0) is 33.8 Å². The molecule has 0 saturated heterocycles. The van der Waals surface area contributed by atoms with E-state index in [4.69, 9.17) is 21.6 Å². The lowest BCUT2D eigenvalue weighted by molar-refractivity contribution is 0.425. The lowest BCUT2D eigenvalue weighted by Crippen LogP contribution is -2.30. The standard InChI is InChI=1S/C5H7BN2O2S.C4H2BrClN2/c1-11-5-7-2-4(3-8-5)6(9)10;5-3-1-7-4(6)8-2-3/h2-3,9-10H,1H3;1-2H. The van der Waals surface area contributed by atoms with Crippen molar-refractivity contribution in [1.82, 2.24) is 19.9 Å². The summed E-state index contributed by atoms with van der Waals surface area (Å²) in [4.78, 5) is 15.1. The second-order valence-corrected chi connectivity index (χ2v) is 5.07. The molecule has 2 heterocycles. The predicted octanol–water partition coefficient (Wildman–Crippen LogP) is 0.771. The summed E-state index contributed by atoms with van der Waals surface area (Å²) in [5.74, 6) is 0. The number of halogens is 2. The Hall–Kier alpha value is -0.735. The molecule has 10 heteroatoms. The van der Waals surface area contributed by atoms with E-state index < -0.39 is 7.12 Å². The molecule has 19 heavy (non-hydrogen) atoms. The first kappa shape index (κ1) is 16.3. The van der Waals surface area contributed by atoms with Gasteiger partial charge in [0.15, 0.2) is 5.16 Å². The SMILES string of the molecule is CSc1ncc(B(O)O)cn1.Clc1ncc(Br)cn1. The fourth-order valence-corrected chi connectivity index (χ4v) is 1.48. The Balaban J connectivity index is 0.000000200. The molecule has 0 fully saturated rings. The van der Waals surface area contributed by atoms with Gasteiger partial charge in [0, 0.05) is 30.3 Å². The van der Waals surface area contributed by atoms with Crippen molar-refractivity contribution in [3.63, 3.8) is 0 Å². The highest BCUT2D eigenvalue weighted by atomic mass is 79.9. The van der Waals surface area contributed by atoms with Crippen molar-refractivity contribution in [3.8, 4) is 0 Å². The molecule has 0 amide bonds. The van der Waals surface area contributed by atoms with Gasteiger partial charge < -0.3 is 10.0 Å². The summed E-state index contributed by atoms with van der Waals surface area (Å²) in [6.07, 6.45) is 7.82. The van der Waals surface area contributed by atoms with E-state index in [2.05, 4.69) is 35.9 Å². The fourth-order valence-electron chi connectivity index (χ4n) is 0.861. The smallest absolute Gasteiger partial charge is 0.423 e. The first-order valence-corrected chi connectivity index (χ1v) is 7.27. The minimum absolute atomic E-state index is 0.271. The molecular weight excluding hydrogens is 354 g/mol. The van der Waals surface area contributed by atoms with E-state index in [1.165, 1.54) is 24.2 Å². The Bertz CT molecular complexity index is 482. The van der Waals surface area contributed by atoms with E-state index in [0.717, 1.165) is 4.47 Å². The van der Waals surface area contributed by atoms with Gasteiger partial charge in [-0.25, -0.2) is 19.9 Å². The molecule has 0 unspecified atom stereocenters. The summed E-state index contributed by atoms with van der Waals surface area (Å²) in [5.41, 5.74) is 0.308. The van der Waals surface area contributed by atoms with Crippen LogP contribution in [0.25, 0.3) is 0 Å². The highest BCUT2D eigenvalue weighted by molar-refractivity contribution is 9.10. The Kier molecular flexibility index (Phi) is 7.25. The van der Waals surface area contributed by atoms with E-state index in [1.807, 2.05) is 6.26 Å². The van der Waals surface area contributed by atoms with Crippen LogP contribution >= 0.6 is 39.3 Å². The third-order valence-corrected chi connectivity index (χ3v) is 2.90. The second-order valence-electron chi connectivity index (χ2n) is 3.05. The maximum Gasteiger partial charge on any atom is 0.491 e. The molecule has 0 radical (unpaired) electrons. The minimum atomic E-state index is -1.48. The average Bonchev–Trinajstić information content (AvgIpc) is 2.43. The van der Waals surface area contributed by atoms with Gasteiger partial charge >= 0.3 is 7.12 Å². The zero-order valence-corrected chi connectivity index (χ0v) is 12.9. The highest BCUT2D eigenvalue weighted by Crippen LogP contribution is 2.06. The van der Waals surface area contributed by atoms with Crippen LogP contribution < -0.4 is 5.46 Å². The van der Waals surface area contributed by atoms with Gasteiger partial charge in [0.2, 0.25) is 5.28 Å². The molecule has 0 aromatic carbocycles. The van der Waals surface area contributed by atoms with Crippen LogP contribution in [0.15, 0.2) is 34.4 Å². The van der Waals surface area contributed by atoms with Crippen molar-refractivity contribution in [2.75, 3.05) is 6.26 Å². The van der Waals surface area contributed by atoms with Crippen LogP contribution in [-0.4, -0.2) is 43.4 Å². The first-order chi connectivity index (χ1) is 9.02. The molecule has 2 rings (SSSR count). The van der Waals surface area contributed by atoms with Gasteiger partial charge in [0.1, 0.15) is 0 Å². The number of nitrogens with zero attached hydrogens (tertiary/aromatic N) is 4. The molecule has 0 spiro atoms. The Morgan fingerprint density at radius 1 is 1.11 bits per heavy atom. The zero-order valence-electron chi connectivity index (χ0n) is 9.73. The Labute approximate surface area is 128 Å². The van der Waals surface area contributed by atoms with Gasteiger partial charge in [-0.1, -0.05) is 11.8 Å². The minimum Gasteiger partial charge on any atom is -0.423 e. The molecule has 2 aromatic heterocycles. The molecule has 0 aliphatic heterocycles. The topological polar surface area (TPSA) is 92.0 Å². The van der Waals surface area contributed by atoms with Crippen molar-refractivity contribution in [3.05, 3.63) is 34.5 Å². The van der Waals surface area contributed by atoms with Crippen molar-refractivity contribution < 1.29 is 10.0 Å². The molecule has 6 nitrogen and oxygen atoms in total. The second kappa shape index (κ2) is 8.44. The van der Waals surface area contributed by atoms with Gasteiger partial charge in [-0.2, -0.15) is 0 Å². The number of rotatable bonds is 2. The summed E-state index contributed by atoms with van der Waals surface area (Å²) in [7, 11) is -1.48. The van der Waals surface area contributed by atoms with Crippen molar-refractivity contribution in [2.45, 2.75) is 5.16 Å². The van der Waals surface area contributed by atoms with Gasteiger partial charge in [0.05, 0.1) is 4.47 Å². The maximum absolute atomic E-state index is 8.66. The van der Waals surface area contributed by atoms with Crippen molar-refractivity contribution in [2.24, 2.45) is 0 Å². The van der Waals surface area contributed by atoms with Gasteiger partial charge in [0.25, 0.3) is 0 Å².